The zero-order valence-corrected chi connectivity index (χ0v) is 15.8. The fourth-order valence-corrected chi connectivity index (χ4v) is 4.78. The standard InChI is InChI=1S/C21H30N2O3/c1-3-25-19-10-15-6-13(2)26-20(15)11-16(19)12-22-21(24)9-14-7-17-4-5-18(8-14)23-17/h10-11,13-14,17-18,23H,3-9,12H2,1-2H3,(H,22,24). The Labute approximate surface area is 155 Å². The third kappa shape index (κ3) is 3.83. The van der Waals surface area contributed by atoms with Crippen molar-refractivity contribution in [2.24, 2.45) is 5.92 Å². The summed E-state index contributed by atoms with van der Waals surface area (Å²) >= 11 is 0. The molecule has 142 valence electrons. The summed E-state index contributed by atoms with van der Waals surface area (Å²) in [5, 5.41) is 6.74. The maximum atomic E-state index is 12.5. The second-order valence-corrected chi connectivity index (χ2v) is 8.09. The molecule has 5 heteroatoms. The minimum atomic E-state index is 0.147. The van der Waals surface area contributed by atoms with Crippen LogP contribution in [0.5, 0.6) is 11.5 Å². The summed E-state index contributed by atoms with van der Waals surface area (Å²) in [5.41, 5.74) is 2.19. The Morgan fingerprint density at radius 1 is 1.31 bits per heavy atom. The second kappa shape index (κ2) is 7.47. The van der Waals surface area contributed by atoms with Crippen molar-refractivity contribution in [3.63, 3.8) is 0 Å². The van der Waals surface area contributed by atoms with Crippen molar-refractivity contribution < 1.29 is 14.3 Å². The van der Waals surface area contributed by atoms with Crippen molar-refractivity contribution in [3.8, 4) is 11.5 Å². The lowest BCUT2D eigenvalue weighted by Gasteiger charge is -2.28. The van der Waals surface area contributed by atoms with Crippen molar-refractivity contribution in [1.29, 1.82) is 0 Å². The van der Waals surface area contributed by atoms with E-state index in [-0.39, 0.29) is 12.0 Å². The van der Waals surface area contributed by atoms with Crippen LogP contribution in [-0.2, 0) is 17.8 Å². The molecule has 0 saturated carbocycles. The molecule has 1 amide bonds. The van der Waals surface area contributed by atoms with Gasteiger partial charge in [-0.2, -0.15) is 0 Å². The predicted octanol–water partition coefficient (Wildman–Crippen LogP) is 2.95. The minimum Gasteiger partial charge on any atom is -0.494 e. The molecule has 0 radical (unpaired) electrons. The average Bonchev–Trinajstić information content (AvgIpc) is 3.13. The highest BCUT2D eigenvalue weighted by Crippen LogP contribution is 2.35. The molecule has 4 rings (SSSR count). The molecule has 5 nitrogen and oxygen atoms in total. The molecule has 3 aliphatic rings. The van der Waals surface area contributed by atoms with Crippen LogP contribution in [-0.4, -0.2) is 30.7 Å². The lowest BCUT2D eigenvalue weighted by molar-refractivity contribution is -0.122. The van der Waals surface area contributed by atoms with Gasteiger partial charge in [0.1, 0.15) is 17.6 Å². The number of fused-ring (bicyclic) bond motifs is 3. The summed E-state index contributed by atoms with van der Waals surface area (Å²) in [5.74, 6) is 2.46. The van der Waals surface area contributed by atoms with Gasteiger partial charge in [0.2, 0.25) is 5.91 Å². The Bertz CT molecular complexity index is 663. The SMILES string of the molecule is CCOc1cc2c(cc1CNC(=O)CC1CC3CCC(C1)N3)OC(C)C2. The molecule has 26 heavy (non-hydrogen) atoms. The van der Waals surface area contributed by atoms with Crippen LogP contribution in [0.4, 0.5) is 0 Å². The first-order chi connectivity index (χ1) is 12.6. The van der Waals surface area contributed by atoms with Gasteiger partial charge in [-0.05, 0) is 57.6 Å². The number of hydrogen-bond acceptors (Lipinski definition) is 4. The van der Waals surface area contributed by atoms with Gasteiger partial charge in [0.15, 0.2) is 0 Å². The van der Waals surface area contributed by atoms with Crippen LogP contribution in [0.25, 0.3) is 0 Å². The molecule has 2 saturated heterocycles. The molecule has 2 fully saturated rings. The van der Waals surface area contributed by atoms with E-state index < -0.39 is 0 Å². The summed E-state index contributed by atoms with van der Waals surface area (Å²) < 4.78 is 11.7. The number of carbonyl (C=O) groups is 1. The Hall–Kier alpha value is -1.75. The zero-order chi connectivity index (χ0) is 18.1. The Morgan fingerprint density at radius 3 is 2.81 bits per heavy atom. The van der Waals surface area contributed by atoms with E-state index in [4.69, 9.17) is 9.47 Å². The number of piperidine rings is 1. The Balaban J connectivity index is 1.36. The molecular formula is C21H30N2O3. The van der Waals surface area contributed by atoms with E-state index in [1.807, 2.05) is 13.0 Å². The Kier molecular flexibility index (Phi) is 5.07. The van der Waals surface area contributed by atoms with E-state index >= 15 is 0 Å². The monoisotopic (exact) mass is 358 g/mol. The van der Waals surface area contributed by atoms with E-state index in [0.717, 1.165) is 36.3 Å². The van der Waals surface area contributed by atoms with E-state index in [0.29, 0.717) is 37.6 Å². The number of ether oxygens (including phenoxy) is 2. The highest BCUT2D eigenvalue weighted by atomic mass is 16.5. The van der Waals surface area contributed by atoms with E-state index in [1.54, 1.807) is 0 Å². The minimum absolute atomic E-state index is 0.147. The first kappa shape index (κ1) is 17.7. The molecule has 3 aliphatic heterocycles. The largest absolute Gasteiger partial charge is 0.494 e. The summed E-state index contributed by atoms with van der Waals surface area (Å²) in [6.45, 7) is 5.18. The molecule has 1 aromatic carbocycles. The number of amides is 1. The van der Waals surface area contributed by atoms with Gasteiger partial charge in [-0.1, -0.05) is 0 Å². The summed E-state index contributed by atoms with van der Waals surface area (Å²) in [6, 6.07) is 5.38. The van der Waals surface area contributed by atoms with Crippen molar-refractivity contribution in [2.75, 3.05) is 6.61 Å². The molecule has 0 aliphatic carbocycles. The molecule has 1 aromatic rings. The molecule has 2 N–H and O–H groups in total. The highest BCUT2D eigenvalue weighted by Gasteiger charge is 2.34. The van der Waals surface area contributed by atoms with E-state index in [2.05, 4.69) is 23.6 Å². The molecule has 3 unspecified atom stereocenters. The number of nitrogens with one attached hydrogen (secondary N) is 2. The highest BCUT2D eigenvalue weighted by molar-refractivity contribution is 5.76. The van der Waals surface area contributed by atoms with Crippen molar-refractivity contribution in [1.82, 2.24) is 10.6 Å². The lowest BCUT2D eigenvalue weighted by atomic mass is 9.89. The Morgan fingerprint density at radius 2 is 2.08 bits per heavy atom. The first-order valence-corrected chi connectivity index (χ1v) is 10.1. The molecular weight excluding hydrogens is 328 g/mol. The molecule has 0 aromatic heterocycles. The van der Waals surface area contributed by atoms with Gasteiger partial charge in [0.25, 0.3) is 0 Å². The fraction of sp³-hybridized carbons (Fsp3) is 0.667. The molecule has 3 atom stereocenters. The number of rotatable bonds is 6. The molecule has 0 spiro atoms. The normalized spacial score (nSPS) is 29.2. The lowest BCUT2D eigenvalue weighted by Crippen LogP contribution is -2.39. The van der Waals surface area contributed by atoms with E-state index in [9.17, 15) is 4.79 Å². The number of hydrogen-bond donors (Lipinski definition) is 2. The molecule has 3 heterocycles. The van der Waals surface area contributed by atoms with Crippen LogP contribution in [0.15, 0.2) is 12.1 Å². The van der Waals surface area contributed by atoms with Crippen LogP contribution in [0, 0.1) is 5.92 Å². The van der Waals surface area contributed by atoms with Crippen molar-refractivity contribution >= 4 is 5.91 Å². The quantitative estimate of drug-likeness (QED) is 0.821. The zero-order valence-electron chi connectivity index (χ0n) is 15.8. The van der Waals surface area contributed by atoms with Crippen molar-refractivity contribution in [3.05, 3.63) is 23.3 Å². The van der Waals surface area contributed by atoms with Crippen LogP contribution in [0.1, 0.15) is 57.1 Å². The number of carbonyl (C=O) groups excluding carboxylic acids is 1. The maximum Gasteiger partial charge on any atom is 0.220 e. The van der Waals surface area contributed by atoms with Gasteiger partial charge in [0, 0.05) is 42.6 Å². The van der Waals surface area contributed by atoms with Crippen LogP contribution in [0.3, 0.4) is 0 Å². The third-order valence-electron chi connectivity index (χ3n) is 5.90. The van der Waals surface area contributed by atoms with Gasteiger partial charge in [-0.25, -0.2) is 0 Å². The predicted molar refractivity (Wildman–Crippen MR) is 101 cm³/mol. The van der Waals surface area contributed by atoms with Gasteiger partial charge in [-0.3, -0.25) is 4.79 Å². The first-order valence-electron chi connectivity index (χ1n) is 10.1. The smallest absolute Gasteiger partial charge is 0.220 e. The van der Waals surface area contributed by atoms with Crippen LogP contribution in [0.2, 0.25) is 0 Å². The summed E-state index contributed by atoms with van der Waals surface area (Å²) in [7, 11) is 0. The number of benzene rings is 1. The molecule has 2 bridgehead atoms. The van der Waals surface area contributed by atoms with Crippen LogP contribution < -0.4 is 20.1 Å². The van der Waals surface area contributed by atoms with Gasteiger partial charge in [-0.15, -0.1) is 0 Å². The fourth-order valence-electron chi connectivity index (χ4n) is 4.78. The third-order valence-corrected chi connectivity index (χ3v) is 5.90. The topological polar surface area (TPSA) is 59.6 Å². The summed E-state index contributed by atoms with van der Waals surface area (Å²) in [4.78, 5) is 12.5. The maximum absolute atomic E-state index is 12.5. The van der Waals surface area contributed by atoms with Gasteiger partial charge in [0.05, 0.1) is 6.61 Å². The van der Waals surface area contributed by atoms with Crippen LogP contribution >= 0.6 is 0 Å². The van der Waals surface area contributed by atoms with Gasteiger partial charge >= 0.3 is 0 Å². The summed E-state index contributed by atoms with van der Waals surface area (Å²) in [6.07, 6.45) is 6.58. The average molecular weight is 358 g/mol. The van der Waals surface area contributed by atoms with Crippen molar-refractivity contribution in [2.45, 2.75) is 77.1 Å². The second-order valence-electron chi connectivity index (χ2n) is 8.09. The van der Waals surface area contributed by atoms with E-state index in [1.165, 1.54) is 18.4 Å². The van der Waals surface area contributed by atoms with Gasteiger partial charge < -0.3 is 20.1 Å².